The third-order valence-corrected chi connectivity index (χ3v) is 4.07. The summed E-state index contributed by atoms with van der Waals surface area (Å²) in [7, 11) is 0. The molecule has 0 saturated carbocycles. The molecule has 1 aliphatic heterocycles. The number of ether oxygens (including phenoxy) is 1. The molecule has 0 aromatic heterocycles. The quantitative estimate of drug-likeness (QED) is 0.467. The molecule has 0 N–H and O–H groups in total. The van der Waals surface area contributed by atoms with E-state index in [0.29, 0.717) is 6.10 Å². The van der Waals surface area contributed by atoms with Crippen molar-refractivity contribution in [1.82, 2.24) is 0 Å². The molecule has 15 heavy (non-hydrogen) atoms. The van der Waals surface area contributed by atoms with E-state index in [2.05, 4.69) is 22.9 Å². The topological polar surface area (TPSA) is 9.23 Å². The highest BCUT2D eigenvalue weighted by Crippen LogP contribution is 2.27. The molecule has 1 heterocycles. The number of unbranched alkanes of at least 4 members (excludes halogenated alkanes) is 5. The third-order valence-electron chi connectivity index (χ3n) is 3.43. The summed E-state index contributed by atoms with van der Waals surface area (Å²) in [4.78, 5) is 0. The van der Waals surface area contributed by atoms with Crippen LogP contribution in [0.25, 0.3) is 0 Å². The van der Waals surface area contributed by atoms with Gasteiger partial charge in [-0.15, -0.1) is 0 Å². The molecular formula is C13H25BrO. The standard InChI is InChI=1S/C13H25BrO/c1-2-3-4-5-6-7-8-12-9-10-15-13(12)11-14/h12-13H,2-11H2,1H3/t12-,13?/m1/s1. The van der Waals surface area contributed by atoms with Gasteiger partial charge in [0.25, 0.3) is 0 Å². The Bertz CT molecular complexity index is 149. The minimum atomic E-state index is 0.501. The van der Waals surface area contributed by atoms with Crippen molar-refractivity contribution in [3.8, 4) is 0 Å². The van der Waals surface area contributed by atoms with E-state index in [9.17, 15) is 0 Å². The molecule has 1 rings (SSSR count). The van der Waals surface area contributed by atoms with Gasteiger partial charge in [-0.25, -0.2) is 0 Å². The van der Waals surface area contributed by atoms with E-state index >= 15 is 0 Å². The van der Waals surface area contributed by atoms with Crippen molar-refractivity contribution in [2.45, 2.75) is 64.4 Å². The van der Waals surface area contributed by atoms with Gasteiger partial charge in [0.05, 0.1) is 6.10 Å². The number of hydrogen-bond donors (Lipinski definition) is 0. The summed E-state index contributed by atoms with van der Waals surface area (Å²) in [5.41, 5.74) is 0. The van der Waals surface area contributed by atoms with Gasteiger partial charge in [-0.05, 0) is 18.8 Å². The molecule has 90 valence electrons. The Morgan fingerprint density at radius 3 is 2.60 bits per heavy atom. The van der Waals surface area contributed by atoms with Crippen LogP contribution < -0.4 is 0 Å². The summed E-state index contributed by atoms with van der Waals surface area (Å²) in [6.07, 6.45) is 11.6. The molecule has 0 bridgehead atoms. The summed E-state index contributed by atoms with van der Waals surface area (Å²) in [5, 5.41) is 1.02. The smallest absolute Gasteiger partial charge is 0.0700 e. The maximum atomic E-state index is 5.66. The third kappa shape index (κ3) is 5.35. The van der Waals surface area contributed by atoms with Crippen LogP contribution >= 0.6 is 15.9 Å². The predicted octanol–water partition coefficient (Wildman–Crippen LogP) is 4.54. The Kier molecular flexibility index (Phi) is 7.72. The number of alkyl halides is 1. The highest BCUT2D eigenvalue weighted by atomic mass is 79.9. The van der Waals surface area contributed by atoms with Crippen LogP contribution in [0.3, 0.4) is 0 Å². The van der Waals surface area contributed by atoms with Gasteiger partial charge >= 0.3 is 0 Å². The van der Waals surface area contributed by atoms with Crippen LogP contribution in [0, 0.1) is 5.92 Å². The molecule has 1 saturated heterocycles. The molecule has 0 aliphatic carbocycles. The second-order valence-corrected chi connectivity index (χ2v) is 5.32. The van der Waals surface area contributed by atoms with E-state index in [0.717, 1.165) is 17.9 Å². The molecule has 0 radical (unpaired) electrons. The highest BCUT2D eigenvalue weighted by molar-refractivity contribution is 9.09. The van der Waals surface area contributed by atoms with Gasteiger partial charge in [0.1, 0.15) is 0 Å². The lowest BCUT2D eigenvalue weighted by Crippen LogP contribution is -2.17. The SMILES string of the molecule is CCCCCCCC[C@@H]1CCOC1CBr. The molecule has 1 aliphatic rings. The van der Waals surface area contributed by atoms with Crippen LogP contribution in [0.15, 0.2) is 0 Å². The lowest BCUT2D eigenvalue weighted by atomic mass is 9.95. The zero-order chi connectivity index (χ0) is 10.9. The molecule has 2 atom stereocenters. The van der Waals surface area contributed by atoms with Crippen molar-refractivity contribution in [1.29, 1.82) is 0 Å². The number of halogens is 1. The molecule has 0 aromatic carbocycles. The minimum absolute atomic E-state index is 0.501. The van der Waals surface area contributed by atoms with Gasteiger partial charge in [-0.1, -0.05) is 61.4 Å². The predicted molar refractivity (Wildman–Crippen MR) is 69.6 cm³/mol. The fourth-order valence-corrected chi connectivity index (χ4v) is 3.10. The Morgan fingerprint density at radius 1 is 1.13 bits per heavy atom. The van der Waals surface area contributed by atoms with Gasteiger partial charge in [-0.2, -0.15) is 0 Å². The largest absolute Gasteiger partial charge is 0.377 e. The maximum absolute atomic E-state index is 5.66. The van der Waals surface area contributed by atoms with Gasteiger partial charge < -0.3 is 4.74 Å². The van der Waals surface area contributed by atoms with E-state index in [-0.39, 0.29) is 0 Å². The second-order valence-electron chi connectivity index (χ2n) is 4.67. The first-order valence-corrected chi connectivity index (χ1v) is 7.68. The Labute approximate surface area is 103 Å². The van der Waals surface area contributed by atoms with Gasteiger partial charge in [0, 0.05) is 11.9 Å². The first-order valence-electron chi connectivity index (χ1n) is 6.56. The fraction of sp³-hybridized carbons (Fsp3) is 1.00. The normalized spacial score (nSPS) is 26.0. The Hall–Kier alpha value is 0.440. The van der Waals surface area contributed by atoms with Crippen molar-refractivity contribution in [2.24, 2.45) is 5.92 Å². The maximum Gasteiger partial charge on any atom is 0.0700 e. The van der Waals surface area contributed by atoms with Crippen molar-refractivity contribution < 1.29 is 4.74 Å². The van der Waals surface area contributed by atoms with Crippen LogP contribution in [0.5, 0.6) is 0 Å². The summed E-state index contributed by atoms with van der Waals surface area (Å²) in [5.74, 6) is 0.829. The van der Waals surface area contributed by atoms with Crippen LogP contribution in [0.1, 0.15) is 58.3 Å². The lowest BCUT2D eigenvalue weighted by Gasteiger charge is -2.15. The summed E-state index contributed by atoms with van der Waals surface area (Å²) < 4.78 is 5.66. The minimum Gasteiger partial charge on any atom is -0.377 e. The van der Waals surface area contributed by atoms with E-state index in [1.165, 1.54) is 51.4 Å². The second kappa shape index (κ2) is 8.58. The molecule has 1 unspecified atom stereocenters. The van der Waals surface area contributed by atoms with Crippen molar-refractivity contribution in [2.75, 3.05) is 11.9 Å². The average molecular weight is 277 g/mol. The van der Waals surface area contributed by atoms with Crippen molar-refractivity contribution >= 4 is 15.9 Å². The van der Waals surface area contributed by atoms with Crippen LogP contribution in [-0.2, 0) is 4.74 Å². The van der Waals surface area contributed by atoms with E-state index in [4.69, 9.17) is 4.74 Å². The zero-order valence-electron chi connectivity index (χ0n) is 10.0. The first-order chi connectivity index (χ1) is 7.38. The number of hydrogen-bond acceptors (Lipinski definition) is 1. The molecular weight excluding hydrogens is 252 g/mol. The zero-order valence-corrected chi connectivity index (χ0v) is 11.6. The summed E-state index contributed by atoms with van der Waals surface area (Å²) in [6.45, 7) is 3.26. The summed E-state index contributed by atoms with van der Waals surface area (Å²) in [6, 6.07) is 0. The van der Waals surface area contributed by atoms with Crippen LogP contribution in [0.2, 0.25) is 0 Å². The molecule has 2 heteroatoms. The fourth-order valence-electron chi connectivity index (χ4n) is 2.38. The van der Waals surface area contributed by atoms with Crippen LogP contribution in [0.4, 0.5) is 0 Å². The lowest BCUT2D eigenvalue weighted by molar-refractivity contribution is 0.108. The van der Waals surface area contributed by atoms with Crippen LogP contribution in [-0.4, -0.2) is 18.0 Å². The summed E-state index contributed by atoms with van der Waals surface area (Å²) >= 11 is 3.53. The van der Waals surface area contributed by atoms with E-state index in [1.807, 2.05) is 0 Å². The Balaban J connectivity index is 1.95. The molecule has 0 aromatic rings. The van der Waals surface area contributed by atoms with Crippen molar-refractivity contribution in [3.05, 3.63) is 0 Å². The highest BCUT2D eigenvalue weighted by Gasteiger charge is 2.26. The first kappa shape index (κ1) is 13.5. The average Bonchev–Trinajstić information content (AvgIpc) is 2.70. The number of rotatable bonds is 8. The van der Waals surface area contributed by atoms with E-state index < -0.39 is 0 Å². The van der Waals surface area contributed by atoms with E-state index in [1.54, 1.807) is 0 Å². The molecule has 0 spiro atoms. The monoisotopic (exact) mass is 276 g/mol. The Morgan fingerprint density at radius 2 is 1.87 bits per heavy atom. The molecule has 0 amide bonds. The van der Waals surface area contributed by atoms with Gasteiger partial charge in [0.2, 0.25) is 0 Å². The van der Waals surface area contributed by atoms with Gasteiger partial charge in [-0.3, -0.25) is 0 Å². The van der Waals surface area contributed by atoms with Crippen molar-refractivity contribution in [3.63, 3.8) is 0 Å². The molecule has 1 nitrogen and oxygen atoms in total. The molecule has 1 fully saturated rings. The van der Waals surface area contributed by atoms with Gasteiger partial charge in [0.15, 0.2) is 0 Å².